The number of benzene rings is 2. The van der Waals surface area contributed by atoms with Crippen molar-refractivity contribution in [3.63, 3.8) is 0 Å². The minimum absolute atomic E-state index is 0.00440. The molecule has 0 radical (unpaired) electrons. The zero-order valence-corrected chi connectivity index (χ0v) is 16.7. The fourth-order valence-electron chi connectivity index (χ4n) is 3.46. The molecule has 1 unspecified atom stereocenters. The van der Waals surface area contributed by atoms with Crippen molar-refractivity contribution in [3.8, 4) is 17.4 Å². The molecule has 154 valence electrons. The normalized spacial score (nSPS) is 15.6. The van der Waals surface area contributed by atoms with E-state index in [4.69, 9.17) is 9.47 Å². The Kier molecular flexibility index (Phi) is 6.44. The number of hydrogen-bond donors (Lipinski definition) is 1. The van der Waals surface area contributed by atoms with Crippen LogP contribution in [0.3, 0.4) is 0 Å². The minimum atomic E-state index is -0.109. The summed E-state index contributed by atoms with van der Waals surface area (Å²) in [5.74, 6) is 2.16. The van der Waals surface area contributed by atoms with Gasteiger partial charge >= 0.3 is 0 Å². The van der Waals surface area contributed by atoms with Crippen molar-refractivity contribution >= 4 is 11.6 Å². The molecule has 1 saturated heterocycles. The quantitative estimate of drug-likeness (QED) is 0.618. The van der Waals surface area contributed by atoms with Crippen LogP contribution in [0.4, 0.5) is 5.69 Å². The van der Waals surface area contributed by atoms with Crippen LogP contribution in [0.2, 0.25) is 0 Å². The van der Waals surface area contributed by atoms with Gasteiger partial charge in [-0.05, 0) is 54.8 Å². The van der Waals surface area contributed by atoms with Gasteiger partial charge in [0.15, 0.2) is 6.61 Å². The van der Waals surface area contributed by atoms with Gasteiger partial charge in [-0.25, -0.2) is 4.98 Å². The van der Waals surface area contributed by atoms with Crippen molar-refractivity contribution in [1.29, 1.82) is 0 Å². The van der Waals surface area contributed by atoms with Crippen LogP contribution in [0.5, 0.6) is 17.4 Å². The highest BCUT2D eigenvalue weighted by Crippen LogP contribution is 2.23. The molecule has 1 N–H and O–H groups in total. The van der Waals surface area contributed by atoms with Crippen molar-refractivity contribution in [3.05, 3.63) is 79.0 Å². The fourth-order valence-corrected chi connectivity index (χ4v) is 3.46. The number of para-hydroxylation sites is 1. The first-order chi connectivity index (χ1) is 14.8. The van der Waals surface area contributed by atoms with E-state index in [1.165, 1.54) is 5.69 Å². The number of carbonyl (C=O) groups excluding carboxylic acids is 1. The van der Waals surface area contributed by atoms with Crippen molar-refractivity contribution in [2.75, 3.05) is 31.1 Å². The maximum Gasteiger partial charge on any atom is 0.257 e. The molecule has 1 atom stereocenters. The third-order valence-corrected chi connectivity index (χ3v) is 5.05. The molecule has 6 nitrogen and oxygen atoms in total. The van der Waals surface area contributed by atoms with E-state index in [1.54, 1.807) is 36.5 Å². The van der Waals surface area contributed by atoms with Crippen molar-refractivity contribution in [2.45, 2.75) is 6.42 Å². The predicted octanol–water partition coefficient (Wildman–Crippen LogP) is 3.90. The molecule has 6 heteroatoms. The second-order valence-corrected chi connectivity index (χ2v) is 7.27. The number of hydrogen-bond acceptors (Lipinski definition) is 5. The molecule has 1 aliphatic heterocycles. The first-order valence-electron chi connectivity index (χ1n) is 10.1. The van der Waals surface area contributed by atoms with Crippen molar-refractivity contribution < 1.29 is 14.3 Å². The molecule has 1 amide bonds. The fraction of sp³-hybridized carbons (Fsp3) is 0.250. The molecule has 0 aliphatic carbocycles. The topological polar surface area (TPSA) is 63.7 Å². The molecule has 0 spiro atoms. The standard InChI is InChI=1S/C24H25N3O3/c28-23(26-16-19-13-15-27(17-19)20-6-2-1-3-7-20)18-29-21-9-11-22(12-10-21)30-24-8-4-5-14-25-24/h1-12,14,19H,13,15-18H2,(H,26,28). The van der Waals surface area contributed by atoms with Crippen molar-refractivity contribution in [1.82, 2.24) is 10.3 Å². The highest BCUT2D eigenvalue weighted by molar-refractivity contribution is 5.77. The molecular formula is C24H25N3O3. The number of nitrogens with zero attached hydrogens (tertiary/aromatic N) is 2. The van der Waals surface area contributed by atoms with E-state index in [0.29, 0.717) is 29.8 Å². The summed E-state index contributed by atoms with van der Waals surface area (Å²) in [5.41, 5.74) is 1.24. The summed E-state index contributed by atoms with van der Waals surface area (Å²) in [7, 11) is 0. The first kappa shape index (κ1) is 19.8. The molecule has 1 aliphatic rings. The molecule has 0 bridgehead atoms. The Bertz CT molecular complexity index is 933. The van der Waals surface area contributed by atoms with Gasteiger partial charge in [-0.15, -0.1) is 0 Å². The van der Waals surface area contributed by atoms with Crippen LogP contribution in [0, 0.1) is 5.92 Å². The molecule has 1 aromatic heterocycles. The highest BCUT2D eigenvalue weighted by atomic mass is 16.5. The van der Waals surface area contributed by atoms with Gasteiger partial charge in [-0.1, -0.05) is 24.3 Å². The number of rotatable bonds is 8. The third-order valence-electron chi connectivity index (χ3n) is 5.05. The van der Waals surface area contributed by atoms with Gasteiger partial charge in [0.2, 0.25) is 5.88 Å². The Morgan fingerprint density at radius 1 is 1.00 bits per heavy atom. The second kappa shape index (κ2) is 9.78. The molecule has 1 fully saturated rings. The Hall–Kier alpha value is -3.54. The molecule has 3 aromatic rings. The molecular weight excluding hydrogens is 378 g/mol. The van der Waals surface area contributed by atoms with Crippen LogP contribution in [0.15, 0.2) is 79.0 Å². The number of amides is 1. The largest absolute Gasteiger partial charge is 0.484 e. The summed E-state index contributed by atoms with van der Waals surface area (Å²) in [6.45, 7) is 2.65. The van der Waals surface area contributed by atoms with Crippen LogP contribution in [0.1, 0.15) is 6.42 Å². The van der Waals surface area contributed by atoms with Gasteiger partial charge in [-0.3, -0.25) is 4.79 Å². The Morgan fingerprint density at radius 2 is 1.77 bits per heavy atom. The number of anilines is 1. The maximum atomic E-state index is 12.2. The van der Waals surface area contributed by atoms with Gasteiger partial charge in [-0.2, -0.15) is 0 Å². The summed E-state index contributed by atoms with van der Waals surface area (Å²) >= 11 is 0. The summed E-state index contributed by atoms with van der Waals surface area (Å²) in [5, 5.41) is 2.99. The lowest BCUT2D eigenvalue weighted by molar-refractivity contribution is -0.123. The molecule has 30 heavy (non-hydrogen) atoms. The lowest BCUT2D eigenvalue weighted by Gasteiger charge is -2.18. The zero-order valence-electron chi connectivity index (χ0n) is 16.7. The van der Waals surface area contributed by atoms with E-state index in [1.807, 2.05) is 18.2 Å². The summed E-state index contributed by atoms with van der Waals surface area (Å²) in [6.07, 6.45) is 2.75. The van der Waals surface area contributed by atoms with Gasteiger partial charge in [0, 0.05) is 37.6 Å². The monoisotopic (exact) mass is 403 g/mol. The first-order valence-corrected chi connectivity index (χ1v) is 10.1. The van der Waals surface area contributed by atoms with E-state index in [2.05, 4.69) is 39.5 Å². The molecule has 0 saturated carbocycles. The SMILES string of the molecule is O=C(COc1ccc(Oc2ccccn2)cc1)NCC1CCN(c2ccccc2)C1. The Morgan fingerprint density at radius 3 is 2.53 bits per heavy atom. The minimum Gasteiger partial charge on any atom is -0.484 e. The lowest BCUT2D eigenvalue weighted by Crippen LogP contribution is -2.34. The summed E-state index contributed by atoms with van der Waals surface area (Å²) < 4.78 is 11.2. The summed E-state index contributed by atoms with van der Waals surface area (Å²) in [4.78, 5) is 18.6. The number of aromatic nitrogens is 1. The molecule has 2 aromatic carbocycles. The smallest absolute Gasteiger partial charge is 0.257 e. The number of ether oxygens (including phenoxy) is 2. The predicted molar refractivity (Wildman–Crippen MR) is 116 cm³/mol. The van der Waals surface area contributed by atoms with Crippen LogP contribution in [-0.4, -0.2) is 37.1 Å². The number of pyridine rings is 1. The molecule has 4 rings (SSSR count). The van der Waals surface area contributed by atoms with E-state index in [-0.39, 0.29) is 12.5 Å². The zero-order chi connectivity index (χ0) is 20.6. The lowest BCUT2D eigenvalue weighted by atomic mass is 10.1. The highest BCUT2D eigenvalue weighted by Gasteiger charge is 2.22. The maximum absolute atomic E-state index is 12.2. The number of carbonyl (C=O) groups is 1. The second-order valence-electron chi connectivity index (χ2n) is 7.27. The van der Waals surface area contributed by atoms with Gasteiger partial charge < -0.3 is 19.7 Å². The van der Waals surface area contributed by atoms with Crippen LogP contribution >= 0.6 is 0 Å². The van der Waals surface area contributed by atoms with Crippen molar-refractivity contribution in [2.24, 2.45) is 5.92 Å². The Balaban J connectivity index is 1.17. The van der Waals surface area contributed by atoms with E-state index in [0.717, 1.165) is 19.5 Å². The van der Waals surface area contributed by atoms with Crippen LogP contribution in [-0.2, 0) is 4.79 Å². The summed E-state index contributed by atoms with van der Waals surface area (Å²) in [6, 6.07) is 23.0. The van der Waals surface area contributed by atoms with Gasteiger partial charge in [0.25, 0.3) is 5.91 Å². The van der Waals surface area contributed by atoms with E-state index in [9.17, 15) is 4.79 Å². The van der Waals surface area contributed by atoms with E-state index >= 15 is 0 Å². The average Bonchev–Trinajstić information content (AvgIpc) is 3.28. The number of nitrogens with one attached hydrogen (secondary N) is 1. The third kappa shape index (κ3) is 5.50. The van der Waals surface area contributed by atoms with Crippen LogP contribution < -0.4 is 19.7 Å². The molecule has 2 heterocycles. The average molecular weight is 403 g/mol. The Labute approximate surface area is 176 Å². The van der Waals surface area contributed by atoms with Gasteiger partial charge in [0.05, 0.1) is 0 Å². The van der Waals surface area contributed by atoms with Gasteiger partial charge in [0.1, 0.15) is 11.5 Å². The van der Waals surface area contributed by atoms with E-state index < -0.39 is 0 Å². The van der Waals surface area contributed by atoms with Crippen LogP contribution in [0.25, 0.3) is 0 Å².